The van der Waals surface area contributed by atoms with Crippen molar-refractivity contribution >= 4 is 17.9 Å². The van der Waals surface area contributed by atoms with Gasteiger partial charge in [-0.3, -0.25) is 14.4 Å². The Kier molecular flexibility index (Phi) is 45.6. The van der Waals surface area contributed by atoms with Crippen LogP contribution in [-0.2, 0) is 28.6 Å². The minimum absolute atomic E-state index is 0.119. The lowest BCUT2D eigenvalue weighted by Gasteiger charge is -2.18. The Bertz CT molecular complexity index is 1290. The van der Waals surface area contributed by atoms with Crippen molar-refractivity contribution in [1.29, 1.82) is 0 Å². The summed E-state index contributed by atoms with van der Waals surface area (Å²) in [5, 5.41) is 0. The highest BCUT2D eigenvalue weighted by molar-refractivity contribution is 5.71. The van der Waals surface area contributed by atoms with Crippen molar-refractivity contribution in [3.05, 3.63) is 109 Å². The third kappa shape index (κ3) is 47.0. The Labute approximate surface area is 374 Å². The summed E-state index contributed by atoms with van der Waals surface area (Å²) in [7, 11) is 0. The summed E-state index contributed by atoms with van der Waals surface area (Å²) in [6.45, 7) is 6.35. The summed E-state index contributed by atoms with van der Waals surface area (Å²) in [6.07, 6.45) is 65.1. The van der Waals surface area contributed by atoms with Gasteiger partial charge in [0.25, 0.3) is 0 Å². The molecule has 0 rings (SSSR count). The number of carbonyl (C=O) groups is 3. The maximum atomic E-state index is 12.7. The van der Waals surface area contributed by atoms with E-state index >= 15 is 0 Å². The average molecular weight is 845 g/mol. The van der Waals surface area contributed by atoms with Crippen LogP contribution in [0.2, 0.25) is 0 Å². The van der Waals surface area contributed by atoms with Gasteiger partial charge in [0.05, 0.1) is 0 Å². The van der Waals surface area contributed by atoms with Crippen LogP contribution in [0.15, 0.2) is 109 Å². The fraction of sp³-hybridized carbons (Fsp3) is 0.618. The molecule has 1 unspecified atom stereocenters. The fourth-order valence-electron chi connectivity index (χ4n) is 6.12. The van der Waals surface area contributed by atoms with Crippen LogP contribution in [0.1, 0.15) is 201 Å². The van der Waals surface area contributed by atoms with Gasteiger partial charge in [0.2, 0.25) is 0 Å². The highest BCUT2D eigenvalue weighted by atomic mass is 16.6. The van der Waals surface area contributed by atoms with Gasteiger partial charge in [-0.2, -0.15) is 0 Å². The van der Waals surface area contributed by atoms with Gasteiger partial charge in [-0.1, -0.05) is 194 Å². The summed E-state index contributed by atoms with van der Waals surface area (Å²) in [4.78, 5) is 37.8. The van der Waals surface area contributed by atoms with Crippen molar-refractivity contribution in [3.8, 4) is 0 Å². The molecule has 0 saturated carbocycles. The first-order valence-electron chi connectivity index (χ1n) is 24.4. The molecule has 0 aliphatic rings. The first-order chi connectivity index (χ1) is 30.0. The fourth-order valence-corrected chi connectivity index (χ4v) is 6.12. The molecular formula is C55H88O6. The Hall–Kier alpha value is -3.93. The zero-order valence-corrected chi connectivity index (χ0v) is 39.1. The highest BCUT2D eigenvalue weighted by Crippen LogP contribution is 2.12. The molecule has 0 amide bonds. The first-order valence-corrected chi connectivity index (χ1v) is 24.4. The highest BCUT2D eigenvalue weighted by Gasteiger charge is 2.19. The van der Waals surface area contributed by atoms with Gasteiger partial charge in [-0.05, 0) is 96.3 Å². The maximum absolute atomic E-state index is 12.7. The smallest absolute Gasteiger partial charge is 0.306 e. The quantitative estimate of drug-likeness (QED) is 0.0264. The van der Waals surface area contributed by atoms with E-state index in [1.165, 1.54) is 64.2 Å². The Balaban J connectivity index is 4.55. The molecule has 0 aliphatic carbocycles. The maximum Gasteiger partial charge on any atom is 0.306 e. The van der Waals surface area contributed by atoms with Gasteiger partial charge in [-0.25, -0.2) is 0 Å². The van der Waals surface area contributed by atoms with E-state index in [1.807, 2.05) is 0 Å². The van der Waals surface area contributed by atoms with E-state index in [0.29, 0.717) is 19.3 Å². The molecule has 0 bridgehead atoms. The van der Waals surface area contributed by atoms with Gasteiger partial charge >= 0.3 is 17.9 Å². The van der Waals surface area contributed by atoms with Crippen molar-refractivity contribution in [3.63, 3.8) is 0 Å². The Morgan fingerprint density at radius 3 is 1.07 bits per heavy atom. The molecule has 0 aromatic rings. The standard InChI is InChI=1S/C55H88O6/c1-4-7-10-13-16-19-21-23-25-27-29-31-33-36-39-42-45-48-54(57)60-51-52(50-59-53(56)47-44-41-38-35-18-15-12-9-6-3)61-55(58)49-46-43-40-37-34-32-30-28-26-24-22-20-17-14-11-8-5-2/h7,10,16-17,19-20,23-26,29-32,36-37,39-40,52H,4-6,8-9,11-15,18,21-22,27-28,33-35,38,41-51H2,1-3H3/b10-7-,19-16-,20-17-,25-23-,26-24-,31-29-,32-30-,39-36-,40-37-. The van der Waals surface area contributed by atoms with E-state index < -0.39 is 6.10 Å². The van der Waals surface area contributed by atoms with Crippen LogP contribution in [0.3, 0.4) is 0 Å². The van der Waals surface area contributed by atoms with Crippen LogP contribution in [0.25, 0.3) is 0 Å². The molecule has 0 N–H and O–H groups in total. The van der Waals surface area contributed by atoms with Crippen molar-refractivity contribution in [2.75, 3.05) is 13.2 Å². The Morgan fingerprint density at radius 1 is 0.344 bits per heavy atom. The van der Waals surface area contributed by atoms with E-state index in [0.717, 1.165) is 83.5 Å². The predicted octanol–water partition coefficient (Wildman–Crippen LogP) is 16.0. The largest absolute Gasteiger partial charge is 0.462 e. The molecule has 0 aromatic carbocycles. The van der Waals surface area contributed by atoms with Gasteiger partial charge in [-0.15, -0.1) is 0 Å². The zero-order chi connectivity index (χ0) is 44.4. The van der Waals surface area contributed by atoms with Crippen molar-refractivity contribution < 1.29 is 28.6 Å². The van der Waals surface area contributed by atoms with Crippen LogP contribution in [0, 0.1) is 0 Å². The molecule has 0 radical (unpaired) electrons. The number of carbonyl (C=O) groups excluding carboxylic acids is 3. The van der Waals surface area contributed by atoms with Crippen LogP contribution in [0.4, 0.5) is 0 Å². The number of ether oxygens (including phenoxy) is 3. The molecule has 0 saturated heterocycles. The minimum atomic E-state index is -0.828. The van der Waals surface area contributed by atoms with Crippen LogP contribution >= 0.6 is 0 Å². The molecule has 0 aromatic heterocycles. The second-order valence-electron chi connectivity index (χ2n) is 15.6. The summed E-state index contributed by atoms with van der Waals surface area (Å²) >= 11 is 0. The van der Waals surface area contributed by atoms with E-state index in [2.05, 4.69) is 130 Å². The number of hydrogen-bond donors (Lipinski definition) is 0. The van der Waals surface area contributed by atoms with Crippen molar-refractivity contribution in [1.82, 2.24) is 0 Å². The third-order valence-electron chi connectivity index (χ3n) is 9.76. The van der Waals surface area contributed by atoms with E-state index in [1.54, 1.807) is 0 Å². The first kappa shape index (κ1) is 57.1. The summed E-state index contributed by atoms with van der Waals surface area (Å²) in [6, 6.07) is 0. The number of hydrogen-bond acceptors (Lipinski definition) is 6. The van der Waals surface area contributed by atoms with Gasteiger partial charge < -0.3 is 14.2 Å². The monoisotopic (exact) mass is 845 g/mol. The lowest BCUT2D eigenvalue weighted by Crippen LogP contribution is -2.30. The molecule has 0 heterocycles. The van der Waals surface area contributed by atoms with E-state index in [9.17, 15) is 14.4 Å². The normalized spacial score (nSPS) is 13.0. The molecule has 6 nitrogen and oxygen atoms in total. The number of unbranched alkanes of at least 4 members (excludes halogenated alkanes) is 13. The van der Waals surface area contributed by atoms with Gasteiger partial charge in [0, 0.05) is 19.3 Å². The lowest BCUT2D eigenvalue weighted by molar-refractivity contribution is -0.167. The second kappa shape index (κ2) is 48.7. The second-order valence-corrected chi connectivity index (χ2v) is 15.6. The van der Waals surface area contributed by atoms with Crippen LogP contribution in [-0.4, -0.2) is 37.2 Å². The molecule has 61 heavy (non-hydrogen) atoms. The molecule has 0 spiro atoms. The SMILES string of the molecule is CC/C=C\C/C=C\C/C=C\C/C=C\C/C=C\CCCC(=O)OCC(COC(=O)CCCCCCCCCCC)OC(=O)CCC/C=C\C/C=C\C/C=C\C/C=C\CCCCC. The third-order valence-corrected chi connectivity index (χ3v) is 9.76. The summed E-state index contributed by atoms with van der Waals surface area (Å²) in [5.41, 5.74) is 0. The van der Waals surface area contributed by atoms with Gasteiger partial charge in [0.1, 0.15) is 13.2 Å². The number of allylic oxidation sites excluding steroid dienone is 18. The summed E-state index contributed by atoms with van der Waals surface area (Å²) in [5.74, 6) is -1.05. The van der Waals surface area contributed by atoms with Crippen molar-refractivity contribution in [2.45, 2.75) is 207 Å². The van der Waals surface area contributed by atoms with E-state index in [-0.39, 0.29) is 44.0 Å². The van der Waals surface area contributed by atoms with Crippen LogP contribution in [0.5, 0.6) is 0 Å². The van der Waals surface area contributed by atoms with E-state index in [4.69, 9.17) is 14.2 Å². The Morgan fingerprint density at radius 2 is 0.656 bits per heavy atom. The molecule has 0 aliphatic heterocycles. The minimum Gasteiger partial charge on any atom is -0.462 e. The average Bonchev–Trinajstić information content (AvgIpc) is 3.26. The molecule has 344 valence electrons. The summed E-state index contributed by atoms with van der Waals surface area (Å²) < 4.78 is 16.6. The van der Waals surface area contributed by atoms with Gasteiger partial charge in [0.15, 0.2) is 6.10 Å². The van der Waals surface area contributed by atoms with Crippen LogP contribution < -0.4 is 0 Å². The number of rotatable bonds is 42. The number of esters is 3. The molecular weight excluding hydrogens is 757 g/mol. The molecule has 0 fully saturated rings. The topological polar surface area (TPSA) is 78.9 Å². The molecule has 1 atom stereocenters. The molecule has 6 heteroatoms. The zero-order valence-electron chi connectivity index (χ0n) is 39.1. The lowest BCUT2D eigenvalue weighted by atomic mass is 10.1. The van der Waals surface area contributed by atoms with Crippen molar-refractivity contribution in [2.24, 2.45) is 0 Å². The predicted molar refractivity (Wildman–Crippen MR) is 260 cm³/mol.